The zero-order valence-electron chi connectivity index (χ0n) is 7.92. The van der Waals surface area contributed by atoms with Gasteiger partial charge in [0.05, 0.1) is 5.69 Å². The van der Waals surface area contributed by atoms with Crippen molar-refractivity contribution in [2.45, 2.75) is 19.8 Å². The second kappa shape index (κ2) is 4.60. The lowest BCUT2D eigenvalue weighted by Crippen LogP contribution is -2.07. The minimum Gasteiger partial charge on any atom is -0.426 e. The Bertz CT molecular complexity index is 339. The molecule has 0 radical (unpaired) electrons. The molecule has 1 aromatic carbocycles. The summed E-state index contributed by atoms with van der Waals surface area (Å²) in [6, 6.07) is 3.93. The zero-order valence-corrected chi connectivity index (χ0v) is 7.92. The molecular weight excluding hydrogens is 185 g/mol. The van der Waals surface area contributed by atoms with Crippen molar-refractivity contribution >= 4 is 11.7 Å². The van der Waals surface area contributed by atoms with Gasteiger partial charge in [-0.05, 0) is 18.6 Å². The van der Waals surface area contributed by atoms with Crippen LogP contribution in [0.1, 0.15) is 19.8 Å². The summed E-state index contributed by atoms with van der Waals surface area (Å²) < 4.78 is 17.8. The molecule has 0 aliphatic rings. The highest BCUT2D eigenvalue weighted by molar-refractivity contribution is 5.72. The van der Waals surface area contributed by atoms with Crippen LogP contribution in [-0.2, 0) is 4.79 Å². The number of nitrogens with two attached hydrogens (primary N) is 1. The predicted molar refractivity (Wildman–Crippen MR) is 51.4 cm³/mol. The van der Waals surface area contributed by atoms with Crippen molar-refractivity contribution in [2.75, 3.05) is 5.73 Å². The van der Waals surface area contributed by atoms with E-state index in [1.54, 1.807) is 0 Å². The van der Waals surface area contributed by atoms with Gasteiger partial charge in [0, 0.05) is 12.5 Å². The van der Waals surface area contributed by atoms with E-state index < -0.39 is 5.82 Å². The third-order valence-electron chi connectivity index (χ3n) is 1.66. The lowest BCUT2D eigenvalue weighted by atomic mass is 10.3. The Morgan fingerprint density at radius 2 is 2.29 bits per heavy atom. The largest absolute Gasteiger partial charge is 0.426 e. The number of carbonyl (C=O) groups excluding carboxylic acids is 1. The molecule has 1 aromatic rings. The van der Waals surface area contributed by atoms with Gasteiger partial charge in [0.25, 0.3) is 0 Å². The molecule has 0 atom stereocenters. The molecule has 0 spiro atoms. The summed E-state index contributed by atoms with van der Waals surface area (Å²) in [5.41, 5.74) is 5.30. The maximum Gasteiger partial charge on any atom is 0.311 e. The normalized spacial score (nSPS) is 9.86. The standard InChI is InChI=1S/C10H12FNO2/c1-2-3-10(13)14-7-4-5-9(12)8(11)6-7/h4-6H,2-3,12H2,1H3. The van der Waals surface area contributed by atoms with Crippen molar-refractivity contribution < 1.29 is 13.9 Å². The third kappa shape index (κ3) is 2.73. The quantitative estimate of drug-likeness (QED) is 0.458. The molecule has 3 nitrogen and oxygen atoms in total. The van der Waals surface area contributed by atoms with E-state index in [-0.39, 0.29) is 17.4 Å². The first-order valence-electron chi connectivity index (χ1n) is 4.39. The monoisotopic (exact) mass is 197 g/mol. The minimum atomic E-state index is -0.577. The molecule has 14 heavy (non-hydrogen) atoms. The van der Waals surface area contributed by atoms with Crippen LogP contribution >= 0.6 is 0 Å². The van der Waals surface area contributed by atoms with E-state index in [2.05, 4.69) is 0 Å². The zero-order chi connectivity index (χ0) is 10.6. The second-order valence-electron chi connectivity index (χ2n) is 2.91. The molecule has 0 aromatic heterocycles. The lowest BCUT2D eigenvalue weighted by Gasteiger charge is -2.03. The highest BCUT2D eigenvalue weighted by Crippen LogP contribution is 2.18. The van der Waals surface area contributed by atoms with Crippen LogP contribution < -0.4 is 10.5 Å². The summed E-state index contributed by atoms with van der Waals surface area (Å²) >= 11 is 0. The minimum absolute atomic E-state index is 0.0419. The maximum absolute atomic E-state index is 12.9. The predicted octanol–water partition coefficient (Wildman–Crippen LogP) is 2.11. The summed E-state index contributed by atoms with van der Waals surface area (Å²) in [5, 5.41) is 0. The van der Waals surface area contributed by atoms with Crippen LogP contribution in [0.3, 0.4) is 0 Å². The molecule has 0 bridgehead atoms. The molecule has 0 saturated carbocycles. The summed E-state index contributed by atoms with van der Waals surface area (Å²) in [7, 11) is 0. The van der Waals surface area contributed by atoms with Crippen LogP contribution in [-0.4, -0.2) is 5.97 Å². The summed E-state index contributed by atoms with van der Waals surface area (Å²) in [6.45, 7) is 1.87. The molecule has 0 amide bonds. The SMILES string of the molecule is CCCC(=O)Oc1ccc(N)c(F)c1. The van der Waals surface area contributed by atoms with Crippen LogP contribution in [0.2, 0.25) is 0 Å². The fourth-order valence-corrected chi connectivity index (χ4v) is 0.958. The average molecular weight is 197 g/mol. The van der Waals surface area contributed by atoms with Crippen molar-refractivity contribution in [3.05, 3.63) is 24.0 Å². The number of benzene rings is 1. The van der Waals surface area contributed by atoms with E-state index in [0.717, 1.165) is 6.07 Å². The van der Waals surface area contributed by atoms with Crippen LogP contribution in [0.15, 0.2) is 18.2 Å². The number of esters is 1. The van der Waals surface area contributed by atoms with Crippen molar-refractivity contribution in [1.29, 1.82) is 0 Å². The Morgan fingerprint density at radius 1 is 1.57 bits per heavy atom. The van der Waals surface area contributed by atoms with Crippen LogP contribution in [0, 0.1) is 5.82 Å². The smallest absolute Gasteiger partial charge is 0.311 e. The van der Waals surface area contributed by atoms with Gasteiger partial charge in [0.15, 0.2) is 0 Å². The van der Waals surface area contributed by atoms with Crippen LogP contribution in [0.5, 0.6) is 5.75 Å². The van der Waals surface area contributed by atoms with E-state index in [0.29, 0.717) is 12.8 Å². The molecule has 76 valence electrons. The van der Waals surface area contributed by atoms with Crippen molar-refractivity contribution in [3.63, 3.8) is 0 Å². The molecular formula is C10H12FNO2. The van der Waals surface area contributed by atoms with Gasteiger partial charge in [-0.2, -0.15) is 0 Å². The Balaban J connectivity index is 2.68. The average Bonchev–Trinajstić information content (AvgIpc) is 2.12. The molecule has 1 rings (SSSR count). The van der Waals surface area contributed by atoms with Gasteiger partial charge < -0.3 is 10.5 Å². The lowest BCUT2D eigenvalue weighted by molar-refractivity contribution is -0.134. The number of halogens is 1. The number of hydrogen-bond donors (Lipinski definition) is 1. The van der Waals surface area contributed by atoms with Crippen molar-refractivity contribution in [3.8, 4) is 5.75 Å². The molecule has 0 aliphatic heterocycles. The number of hydrogen-bond acceptors (Lipinski definition) is 3. The number of anilines is 1. The van der Waals surface area contributed by atoms with Gasteiger partial charge in [-0.1, -0.05) is 6.92 Å². The molecule has 0 unspecified atom stereocenters. The molecule has 0 fully saturated rings. The maximum atomic E-state index is 12.9. The molecule has 4 heteroatoms. The van der Waals surface area contributed by atoms with Gasteiger partial charge in [-0.25, -0.2) is 4.39 Å². The number of nitrogen functional groups attached to an aromatic ring is 1. The number of rotatable bonds is 3. The highest BCUT2D eigenvalue weighted by Gasteiger charge is 2.05. The van der Waals surface area contributed by atoms with Gasteiger partial charge in [-0.15, -0.1) is 0 Å². The van der Waals surface area contributed by atoms with Gasteiger partial charge >= 0.3 is 5.97 Å². The second-order valence-corrected chi connectivity index (χ2v) is 2.91. The first-order chi connectivity index (χ1) is 6.63. The fraction of sp³-hybridized carbons (Fsp3) is 0.300. The van der Waals surface area contributed by atoms with E-state index >= 15 is 0 Å². The van der Waals surface area contributed by atoms with Crippen molar-refractivity contribution in [2.24, 2.45) is 0 Å². The van der Waals surface area contributed by atoms with E-state index in [9.17, 15) is 9.18 Å². The fourth-order valence-electron chi connectivity index (χ4n) is 0.958. The van der Waals surface area contributed by atoms with E-state index in [1.165, 1.54) is 12.1 Å². The van der Waals surface area contributed by atoms with E-state index in [1.807, 2.05) is 6.92 Å². The third-order valence-corrected chi connectivity index (χ3v) is 1.66. The van der Waals surface area contributed by atoms with Gasteiger partial charge in [0.2, 0.25) is 0 Å². The summed E-state index contributed by atoms with van der Waals surface area (Å²) in [4.78, 5) is 11.0. The molecule has 0 heterocycles. The van der Waals surface area contributed by atoms with Crippen molar-refractivity contribution in [1.82, 2.24) is 0 Å². The molecule has 0 saturated heterocycles. The summed E-state index contributed by atoms with van der Waals surface area (Å²) in [6.07, 6.45) is 1.03. The summed E-state index contributed by atoms with van der Waals surface area (Å²) in [5.74, 6) is -0.751. The van der Waals surface area contributed by atoms with Crippen LogP contribution in [0.25, 0.3) is 0 Å². The Kier molecular flexibility index (Phi) is 3.45. The highest BCUT2D eigenvalue weighted by atomic mass is 19.1. The Hall–Kier alpha value is -1.58. The Morgan fingerprint density at radius 3 is 2.86 bits per heavy atom. The van der Waals surface area contributed by atoms with Gasteiger partial charge in [0.1, 0.15) is 11.6 Å². The van der Waals surface area contributed by atoms with E-state index in [4.69, 9.17) is 10.5 Å². The number of ether oxygens (including phenoxy) is 1. The first-order valence-corrected chi connectivity index (χ1v) is 4.39. The number of carbonyl (C=O) groups is 1. The molecule has 0 aliphatic carbocycles. The first kappa shape index (κ1) is 10.5. The molecule has 2 N–H and O–H groups in total. The Labute approximate surface area is 81.7 Å². The van der Waals surface area contributed by atoms with Gasteiger partial charge in [-0.3, -0.25) is 4.79 Å². The topological polar surface area (TPSA) is 52.3 Å². The van der Waals surface area contributed by atoms with Crippen LogP contribution in [0.4, 0.5) is 10.1 Å².